The summed E-state index contributed by atoms with van der Waals surface area (Å²) in [5.41, 5.74) is 2.82. The number of nitrogens with one attached hydrogen (secondary N) is 1. The van der Waals surface area contributed by atoms with Gasteiger partial charge in [0.2, 0.25) is 0 Å². The molecule has 0 saturated carbocycles. The van der Waals surface area contributed by atoms with Gasteiger partial charge in [-0.25, -0.2) is 0 Å². The Hall–Kier alpha value is -1.32. The standard InChI is InChI=1S/C21H33NO2/c1-16(2)14-19(22-18-10-12-24-13-11-18)15-21(3,4)17-6-8-20(23-5)9-7-17/h6-9,14,18-19,22H,10-13,15H2,1-5H3. The molecule has 1 unspecified atom stereocenters. The van der Waals surface area contributed by atoms with Crippen molar-refractivity contribution in [2.75, 3.05) is 20.3 Å². The predicted octanol–water partition coefficient (Wildman–Crippen LogP) is 4.47. The van der Waals surface area contributed by atoms with E-state index >= 15 is 0 Å². The lowest BCUT2D eigenvalue weighted by Gasteiger charge is -2.33. The molecular formula is C21H33NO2. The number of rotatable bonds is 7. The van der Waals surface area contributed by atoms with E-state index in [1.165, 1.54) is 11.1 Å². The normalized spacial score (nSPS) is 17.4. The first kappa shape index (κ1) is 19.0. The Morgan fingerprint density at radius 3 is 2.42 bits per heavy atom. The van der Waals surface area contributed by atoms with Crippen molar-refractivity contribution in [2.45, 2.75) is 64.5 Å². The molecule has 1 N–H and O–H groups in total. The Morgan fingerprint density at radius 1 is 1.25 bits per heavy atom. The predicted molar refractivity (Wildman–Crippen MR) is 101 cm³/mol. The van der Waals surface area contributed by atoms with Crippen LogP contribution in [0.5, 0.6) is 5.75 Å². The zero-order valence-corrected chi connectivity index (χ0v) is 15.9. The van der Waals surface area contributed by atoms with Gasteiger partial charge >= 0.3 is 0 Å². The summed E-state index contributed by atoms with van der Waals surface area (Å²) in [6, 6.07) is 9.43. The van der Waals surface area contributed by atoms with E-state index in [1.807, 2.05) is 0 Å². The minimum Gasteiger partial charge on any atom is -0.497 e. The van der Waals surface area contributed by atoms with E-state index in [4.69, 9.17) is 9.47 Å². The molecule has 134 valence electrons. The molecule has 1 heterocycles. The van der Waals surface area contributed by atoms with Crippen LogP contribution in [0.1, 0.15) is 52.5 Å². The summed E-state index contributed by atoms with van der Waals surface area (Å²) < 4.78 is 10.8. The fourth-order valence-electron chi connectivity index (χ4n) is 3.45. The molecule has 0 amide bonds. The third-order valence-corrected chi connectivity index (χ3v) is 4.81. The minimum atomic E-state index is 0.0983. The van der Waals surface area contributed by atoms with Crippen molar-refractivity contribution in [3.63, 3.8) is 0 Å². The lowest BCUT2D eigenvalue weighted by Crippen LogP contribution is -2.43. The van der Waals surface area contributed by atoms with Gasteiger partial charge in [0.15, 0.2) is 0 Å². The van der Waals surface area contributed by atoms with Crippen molar-refractivity contribution in [1.82, 2.24) is 5.32 Å². The van der Waals surface area contributed by atoms with Gasteiger partial charge in [-0.3, -0.25) is 0 Å². The molecular weight excluding hydrogens is 298 g/mol. The maximum atomic E-state index is 5.49. The van der Waals surface area contributed by atoms with Crippen LogP contribution >= 0.6 is 0 Å². The van der Waals surface area contributed by atoms with Crippen LogP contribution in [-0.2, 0) is 10.2 Å². The summed E-state index contributed by atoms with van der Waals surface area (Å²) in [6.07, 6.45) is 5.66. The molecule has 2 rings (SSSR count). The first-order valence-electron chi connectivity index (χ1n) is 9.04. The summed E-state index contributed by atoms with van der Waals surface area (Å²) in [6.45, 7) is 10.8. The molecule has 0 aliphatic carbocycles. The Balaban J connectivity index is 2.08. The molecule has 1 aliphatic heterocycles. The molecule has 1 fully saturated rings. The monoisotopic (exact) mass is 331 g/mol. The molecule has 1 aromatic rings. The highest BCUT2D eigenvalue weighted by atomic mass is 16.5. The number of ether oxygens (including phenoxy) is 2. The van der Waals surface area contributed by atoms with Crippen LogP contribution < -0.4 is 10.1 Å². The first-order chi connectivity index (χ1) is 11.4. The lowest BCUT2D eigenvalue weighted by molar-refractivity contribution is 0.0754. The van der Waals surface area contributed by atoms with E-state index in [-0.39, 0.29) is 5.41 Å². The Bertz CT molecular complexity index is 523. The summed E-state index contributed by atoms with van der Waals surface area (Å²) in [7, 11) is 1.71. The molecule has 1 saturated heterocycles. The van der Waals surface area contributed by atoms with E-state index in [1.54, 1.807) is 7.11 Å². The number of methoxy groups -OCH3 is 1. The second-order valence-electron chi connectivity index (χ2n) is 7.72. The smallest absolute Gasteiger partial charge is 0.118 e. The highest BCUT2D eigenvalue weighted by Crippen LogP contribution is 2.30. The quantitative estimate of drug-likeness (QED) is 0.748. The van der Waals surface area contributed by atoms with E-state index in [0.717, 1.165) is 38.2 Å². The maximum absolute atomic E-state index is 5.49. The highest BCUT2D eigenvalue weighted by molar-refractivity contribution is 5.32. The zero-order chi connectivity index (χ0) is 17.6. The molecule has 1 aromatic carbocycles. The SMILES string of the molecule is COc1ccc(C(C)(C)CC(C=C(C)C)NC2CCOCC2)cc1. The molecule has 24 heavy (non-hydrogen) atoms. The van der Waals surface area contributed by atoms with Crippen molar-refractivity contribution in [1.29, 1.82) is 0 Å². The number of benzene rings is 1. The molecule has 0 aromatic heterocycles. The fraction of sp³-hybridized carbons (Fsp3) is 0.619. The second-order valence-corrected chi connectivity index (χ2v) is 7.72. The van der Waals surface area contributed by atoms with Crippen molar-refractivity contribution < 1.29 is 9.47 Å². The van der Waals surface area contributed by atoms with Gasteiger partial charge in [0.1, 0.15) is 5.75 Å². The summed E-state index contributed by atoms with van der Waals surface area (Å²) >= 11 is 0. The van der Waals surface area contributed by atoms with Crippen molar-refractivity contribution in [3.8, 4) is 5.75 Å². The van der Waals surface area contributed by atoms with Crippen LogP contribution in [0.15, 0.2) is 35.9 Å². The van der Waals surface area contributed by atoms with Crippen LogP contribution in [0.2, 0.25) is 0 Å². The van der Waals surface area contributed by atoms with Crippen molar-refractivity contribution >= 4 is 0 Å². The average Bonchev–Trinajstić information content (AvgIpc) is 2.55. The molecule has 0 bridgehead atoms. The Kier molecular flexibility index (Phi) is 6.88. The first-order valence-corrected chi connectivity index (χ1v) is 9.04. The van der Waals surface area contributed by atoms with E-state index in [2.05, 4.69) is 63.4 Å². The Morgan fingerprint density at radius 2 is 1.88 bits per heavy atom. The van der Waals surface area contributed by atoms with Gasteiger partial charge in [-0.05, 0) is 56.2 Å². The van der Waals surface area contributed by atoms with Crippen molar-refractivity contribution in [3.05, 3.63) is 41.5 Å². The van der Waals surface area contributed by atoms with Gasteiger partial charge in [-0.2, -0.15) is 0 Å². The van der Waals surface area contributed by atoms with Crippen molar-refractivity contribution in [2.24, 2.45) is 0 Å². The lowest BCUT2D eigenvalue weighted by atomic mass is 9.78. The summed E-state index contributed by atoms with van der Waals surface area (Å²) in [5.74, 6) is 0.913. The average molecular weight is 332 g/mol. The largest absolute Gasteiger partial charge is 0.497 e. The minimum absolute atomic E-state index is 0.0983. The number of hydrogen-bond acceptors (Lipinski definition) is 3. The molecule has 3 nitrogen and oxygen atoms in total. The van der Waals surface area contributed by atoms with Crippen LogP contribution in [0, 0.1) is 0 Å². The number of allylic oxidation sites excluding steroid dienone is 1. The van der Waals surface area contributed by atoms with Gasteiger partial charge < -0.3 is 14.8 Å². The van der Waals surface area contributed by atoms with Gasteiger partial charge in [0.05, 0.1) is 7.11 Å². The summed E-state index contributed by atoms with van der Waals surface area (Å²) in [5, 5.41) is 3.85. The maximum Gasteiger partial charge on any atom is 0.118 e. The molecule has 3 heteroatoms. The third kappa shape index (κ3) is 5.64. The highest BCUT2D eigenvalue weighted by Gasteiger charge is 2.26. The van der Waals surface area contributed by atoms with E-state index in [0.29, 0.717) is 12.1 Å². The Labute approximate surface area is 147 Å². The van der Waals surface area contributed by atoms with Crippen LogP contribution in [0.25, 0.3) is 0 Å². The topological polar surface area (TPSA) is 30.5 Å². The molecule has 0 spiro atoms. The third-order valence-electron chi connectivity index (χ3n) is 4.81. The molecule has 1 aliphatic rings. The van der Waals surface area contributed by atoms with Gasteiger partial charge in [-0.15, -0.1) is 0 Å². The number of hydrogen-bond donors (Lipinski definition) is 1. The van der Waals surface area contributed by atoms with Crippen LogP contribution in [-0.4, -0.2) is 32.4 Å². The van der Waals surface area contributed by atoms with Crippen LogP contribution in [0.3, 0.4) is 0 Å². The van der Waals surface area contributed by atoms with Crippen LogP contribution in [0.4, 0.5) is 0 Å². The van der Waals surface area contributed by atoms with Gasteiger partial charge in [0.25, 0.3) is 0 Å². The molecule has 0 radical (unpaired) electrons. The van der Waals surface area contributed by atoms with Gasteiger partial charge in [0, 0.05) is 25.3 Å². The van der Waals surface area contributed by atoms with E-state index in [9.17, 15) is 0 Å². The van der Waals surface area contributed by atoms with Gasteiger partial charge in [-0.1, -0.05) is 37.6 Å². The summed E-state index contributed by atoms with van der Waals surface area (Å²) in [4.78, 5) is 0. The molecule has 1 atom stereocenters. The fourth-order valence-corrected chi connectivity index (χ4v) is 3.45. The second kappa shape index (κ2) is 8.68. The zero-order valence-electron chi connectivity index (χ0n) is 15.9. The van der Waals surface area contributed by atoms with E-state index < -0.39 is 0 Å².